The van der Waals surface area contributed by atoms with Crippen LogP contribution in [0.4, 0.5) is 13.2 Å². The second-order valence-corrected chi connectivity index (χ2v) is 5.27. The SMILES string of the molecule is C[C@H]([C@@H](C(=O)O)c1ccc2cccc(Cl)c2c1)C(F)(F)F. The molecule has 6 heteroatoms. The fourth-order valence-electron chi connectivity index (χ4n) is 2.28. The molecule has 0 spiro atoms. The van der Waals surface area contributed by atoms with Gasteiger partial charge in [0.1, 0.15) is 0 Å². The Balaban J connectivity index is 2.56. The average molecular weight is 317 g/mol. The quantitative estimate of drug-likeness (QED) is 0.878. The largest absolute Gasteiger partial charge is 0.481 e. The maximum absolute atomic E-state index is 12.8. The van der Waals surface area contributed by atoms with Crippen molar-refractivity contribution >= 4 is 28.3 Å². The summed E-state index contributed by atoms with van der Waals surface area (Å²) in [6.07, 6.45) is -4.58. The summed E-state index contributed by atoms with van der Waals surface area (Å²) in [4.78, 5) is 11.3. The van der Waals surface area contributed by atoms with Crippen LogP contribution < -0.4 is 0 Å². The number of rotatable bonds is 3. The molecule has 2 atom stereocenters. The van der Waals surface area contributed by atoms with Crippen LogP contribution in [0, 0.1) is 5.92 Å². The number of hydrogen-bond acceptors (Lipinski definition) is 1. The molecule has 0 aromatic heterocycles. The zero-order chi connectivity index (χ0) is 15.8. The Bertz CT molecular complexity index is 682. The van der Waals surface area contributed by atoms with Crippen molar-refractivity contribution in [3.63, 3.8) is 0 Å². The highest BCUT2D eigenvalue weighted by Gasteiger charge is 2.45. The van der Waals surface area contributed by atoms with Crippen molar-refractivity contribution in [1.29, 1.82) is 0 Å². The molecule has 0 aliphatic rings. The second-order valence-electron chi connectivity index (χ2n) is 4.87. The molecule has 2 rings (SSSR count). The second kappa shape index (κ2) is 5.56. The Morgan fingerprint density at radius 1 is 1.24 bits per heavy atom. The van der Waals surface area contributed by atoms with Crippen LogP contribution in [0.3, 0.4) is 0 Å². The number of carboxylic acids is 1. The van der Waals surface area contributed by atoms with Gasteiger partial charge in [0.15, 0.2) is 0 Å². The lowest BCUT2D eigenvalue weighted by molar-refractivity contribution is -0.183. The number of benzene rings is 2. The van der Waals surface area contributed by atoms with E-state index in [1.54, 1.807) is 24.3 Å². The molecule has 0 saturated carbocycles. The van der Waals surface area contributed by atoms with Gasteiger partial charge in [-0.25, -0.2) is 0 Å². The zero-order valence-corrected chi connectivity index (χ0v) is 11.7. The molecule has 0 radical (unpaired) electrons. The van der Waals surface area contributed by atoms with Crippen molar-refractivity contribution in [3.8, 4) is 0 Å². The van der Waals surface area contributed by atoms with Gasteiger partial charge in [-0.05, 0) is 23.1 Å². The fraction of sp³-hybridized carbons (Fsp3) is 0.267. The van der Waals surface area contributed by atoms with E-state index in [2.05, 4.69) is 0 Å². The first-order valence-corrected chi connectivity index (χ1v) is 6.57. The van der Waals surface area contributed by atoms with E-state index in [1.165, 1.54) is 12.1 Å². The van der Waals surface area contributed by atoms with E-state index >= 15 is 0 Å². The van der Waals surface area contributed by atoms with E-state index in [9.17, 15) is 18.0 Å². The lowest BCUT2D eigenvalue weighted by atomic mass is 9.86. The molecule has 112 valence electrons. The topological polar surface area (TPSA) is 37.3 Å². The maximum Gasteiger partial charge on any atom is 0.392 e. The van der Waals surface area contributed by atoms with Gasteiger partial charge in [-0.1, -0.05) is 42.8 Å². The van der Waals surface area contributed by atoms with E-state index < -0.39 is 24.0 Å². The van der Waals surface area contributed by atoms with E-state index in [0.29, 0.717) is 10.4 Å². The van der Waals surface area contributed by atoms with Crippen molar-refractivity contribution < 1.29 is 23.1 Å². The summed E-state index contributed by atoms with van der Waals surface area (Å²) < 4.78 is 38.5. The van der Waals surface area contributed by atoms with E-state index in [1.807, 2.05) is 0 Å². The number of hydrogen-bond donors (Lipinski definition) is 1. The highest BCUT2D eigenvalue weighted by atomic mass is 35.5. The van der Waals surface area contributed by atoms with Crippen LogP contribution in [-0.4, -0.2) is 17.3 Å². The number of alkyl halides is 3. The lowest BCUT2D eigenvalue weighted by Crippen LogP contribution is -2.31. The molecule has 0 amide bonds. The molecule has 0 unspecified atom stereocenters. The molecular weight excluding hydrogens is 305 g/mol. The smallest absolute Gasteiger partial charge is 0.392 e. The zero-order valence-electron chi connectivity index (χ0n) is 11.0. The molecule has 21 heavy (non-hydrogen) atoms. The van der Waals surface area contributed by atoms with Gasteiger partial charge in [-0.3, -0.25) is 4.79 Å². The Hall–Kier alpha value is -1.75. The summed E-state index contributed by atoms with van der Waals surface area (Å²) in [5, 5.41) is 10.8. The summed E-state index contributed by atoms with van der Waals surface area (Å²) in [6, 6.07) is 9.48. The molecule has 0 aliphatic heterocycles. The third-order valence-electron chi connectivity index (χ3n) is 3.49. The van der Waals surface area contributed by atoms with Gasteiger partial charge >= 0.3 is 12.1 Å². The normalized spacial score (nSPS) is 14.9. The van der Waals surface area contributed by atoms with Crippen LogP contribution in [0.1, 0.15) is 18.4 Å². The van der Waals surface area contributed by atoms with Crippen LogP contribution in [-0.2, 0) is 4.79 Å². The minimum absolute atomic E-state index is 0.0907. The molecule has 2 aromatic rings. The van der Waals surface area contributed by atoms with Gasteiger partial charge in [-0.2, -0.15) is 13.2 Å². The number of carboxylic acid groups (broad SMARTS) is 1. The highest BCUT2D eigenvalue weighted by molar-refractivity contribution is 6.35. The predicted molar refractivity (Wildman–Crippen MR) is 74.6 cm³/mol. The molecule has 1 N–H and O–H groups in total. The van der Waals surface area contributed by atoms with Gasteiger partial charge in [0.05, 0.1) is 11.8 Å². The standard InChI is InChI=1S/C15H12ClF3O2/c1-8(15(17,18)19)13(14(20)21)10-6-5-9-3-2-4-12(16)11(9)7-10/h2-8,13H,1H3,(H,20,21)/t8-,13-/m1/s1. The minimum atomic E-state index is -4.58. The highest BCUT2D eigenvalue weighted by Crippen LogP contribution is 2.38. The number of fused-ring (bicyclic) bond motifs is 1. The first-order valence-electron chi connectivity index (χ1n) is 6.19. The Kier molecular flexibility index (Phi) is 4.14. The van der Waals surface area contributed by atoms with Gasteiger partial charge < -0.3 is 5.11 Å². The number of halogens is 4. The van der Waals surface area contributed by atoms with Crippen LogP contribution in [0.2, 0.25) is 5.02 Å². The molecular formula is C15H12ClF3O2. The van der Waals surface area contributed by atoms with Crippen molar-refractivity contribution in [3.05, 3.63) is 47.0 Å². The predicted octanol–water partition coefficient (Wildman–Crippen LogP) is 4.86. The van der Waals surface area contributed by atoms with E-state index in [0.717, 1.165) is 12.3 Å². The minimum Gasteiger partial charge on any atom is -0.481 e. The van der Waals surface area contributed by atoms with Crippen molar-refractivity contribution in [2.45, 2.75) is 19.0 Å². The third-order valence-corrected chi connectivity index (χ3v) is 3.82. The van der Waals surface area contributed by atoms with Gasteiger partial charge in [0.25, 0.3) is 0 Å². The van der Waals surface area contributed by atoms with E-state index in [-0.39, 0.29) is 5.56 Å². The van der Waals surface area contributed by atoms with Gasteiger partial charge in [0.2, 0.25) is 0 Å². The van der Waals surface area contributed by atoms with Gasteiger partial charge in [0, 0.05) is 10.4 Å². The Morgan fingerprint density at radius 3 is 2.48 bits per heavy atom. The monoisotopic (exact) mass is 316 g/mol. The van der Waals surface area contributed by atoms with Crippen molar-refractivity contribution in [1.82, 2.24) is 0 Å². The molecule has 0 saturated heterocycles. The lowest BCUT2D eigenvalue weighted by Gasteiger charge is -2.23. The Labute approximate surface area is 124 Å². The molecule has 0 aliphatic carbocycles. The van der Waals surface area contributed by atoms with Crippen LogP contribution in [0.25, 0.3) is 10.8 Å². The maximum atomic E-state index is 12.8. The summed E-state index contributed by atoms with van der Waals surface area (Å²) in [7, 11) is 0. The van der Waals surface area contributed by atoms with Gasteiger partial charge in [-0.15, -0.1) is 0 Å². The van der Waals surface area contributed by atoms with Crippen LogP contribution in [0.15, 0.2) is 36.4 Å². The summed E-state index contributed by atoms with van der Waals surface area (Å²) in [5.74, 6) is -5.16. The molecule has 2 nitrogen and oxygen atoms in total. The fourth-order valence-corrected chi connectivity index (χ4v) is 2.52. The third kappa shape index (κ3) is 3.13. The molecule has 0 bridgehead atoms. The number of aliphatic carboxylic acids is 1. The van der Waals surface area contributed by atoms with Crippen molar-refractivity contribution in [2.24, 2.45) is 5.92 Å². The first kappa shape index (κ1) is 15.6. The van der Waals surface area contributed by atoms with Crippen LogP contribution >= 0.6 is 11.6 Å². The summed E-state index contributed by atoms with van der Waals surface area (Å²) in [6.45, 7) is 0.871. The molecule has 0 heterocycles. The first-order chi connectivity index (χ1) is 9.71. The average Bonchev–Trinajstić information content (AvgIpc) is 2.38. The summed E-state index contributed by atoms with van der Waals surface area (Å²) in [5.41, 5.74) is 0.0907. The summed E-state index contributed by atoms with van der Waals surface area (Å²) >= 11 is 6.01. The van der Waals surface area contributed by atoms with Crippen LogP contribution in [0.5, 0.6) is 0 Å². The molecule has 2 aromatic carbocycles. The van der Waals surface area contributed by atoms with Crippen molar-refractivity contribution in [2.75, 3.05) is 0 Å². The number of carbonyl (C=O) groups is 1. The molecule has 0 fully saturated rings. The van der Waals surface area contributed by atoms with E-state index in [4.69, 9.17) is 16.7 Å². The Morgan fingerprint density at radius 2 is 1.90 bits per heavy atom.